The first-order chi connectivity index (χ1) is 10.6. The number of likely N-dealkylation sites (tertiary alicyclic amines) is 1. The van der Waals surface area contributed by atoms with Gasteiger partial charge >= 0.3 is 0 Å². The van der Waals surface area contributed by atoms with Gasteiger partial charge in [0, 0.05) is 29.1 Å². The highest BCUT2D eigenvalue weighted by Crippen LogP contribution is 2.30. The number of carbonyl (C=O) groups excluding carboxylic acids is 1. The number of ketones is 1. The van der Waals surface area contributed by atoms with Crippen molar-refractivity contribution in [2.45, 2.75) is 44.2 Å². The van der Waals surface area contributed by atoms with E-state index in [-0.39, 0.29) is 6.10 Å². The second-order valence-electron chi connectivity index (χ2n) is 6.12. The monoisotopic (exact) mass is 341 g/mol. The topological polar surface area (TPSA) is 29.5 Å². The SMILES string of the molecule is O=C1CCN([C@H]2CCC[C@@H]2OCCc2c(Cl)cccc2Cl)C1. The lowest BCUT2D eigenvalue weighted by Gasteiger charge is -2.28. The van der Waals surface area contributed by atoms with Gasteiger partial charge < -0.3 is 4.74 Å². The number of halogens is 2. The molecule has 1 saturated heterocycles. The Kier molecular flexibility index (Phi) is 5.40. The van der Waals surface area contributed by atoms with Crippen LogP contribution in [0.15, 0.2) is 18.2 Å². The van der Waals surface area contributed by atoms with Crippen molar-refractivity contribution in [3.8, 4) is 0 Å². The molecule has 1 aromatic carbocycles. The molecule has 1 saturated carbocycles. The Balaban J connectivity index is 1.53. The van der Waals surface area contributed by atoms with Crippen molar-refractivity contribution in [2.24, 2.45) is 0 Å². The normalized spacial score (nSPS) is 26.0. The van der Waals surface area contributed by atoms with Crippen LogP contribution in [-0.4, -0.2) is 42.5 Å². The number of Topliss-reactive ketones (excluding diaryl/α,β-unsaturated/α-hetero) is 1. The third kappa shape index (κ3) is 3.65. The average molecular weight is 342 g/mol. The van der Waals surface area contributed by atoms with E-state index in [1.165, 1.54) is 6.42 Å². The van der Waals surface area contributed by atoms with Crippen LogP contribution in [-0.2, 0) is 16.0 Å². The molecular formula is C17H21Cl2NO2. The first kappa shape index (κ1) is 16.3. The molecule has 2 aliphatic rings. The molecular weight excluding hydrogens is 321 g/mol. The first-order valence-corrected chi connectivity index (χ1v) is 8.71. The van der Waals surface area contributed by atoms with E-state index in [0.29, 0.717) is 41.4 Å². The van der Waals surface area contributed by atoms with Gasteiger partial charge in [-0.2, -0.15) is 0 Å². The fourth-order valence-corrected chi connectivity index (χ4v) is 4.12. The van der Waals surface area contributed by atoms with Gasteiger partial charge in [-0.25, -0.2) is 0 Å². The van der Waals surface area contributed by atoms with Crippen LogP contribution in [0.2, 0.25) is 10.0 Å². The summed E-state index contributed by atoms with van der Waals surface area (Å²) < 4.78 is 6.11. The molecule has 0 aromatic heterocycles. The molecule has 1 aromatic rings. The molecule has 0 radical (unpaired) electrons. The lowest BCUT2D eigenvalue weighted by atomic mass is 10.1. The quantitative estimate of drug-likeness (QED) is 0.816. The van der Waals surface area contributed by atoms with Crippen LogP contribution in [0.3, 0.4) is 0 Å². The smallest absolute Gasteiger partial charge is 0.148 e. The molecule has 22 heavy (non-hydrogen) atoms. The van der Waals surface area contributed by atoms with Crippen LogP contribution in [0.25, 0.3) is 0 Å². The van der Waals surface area contributed by atoms with Gasteiger partial charge in [0.25, 0.3) is 0 Å². The zero-order chi connectivity index (χ0) is 15.5. The molecule has 0 amide bonds. The zero-order valence-electron chi connectivity index (χ0n) is 12.6. The maximum absolute atomic E-state index is 11.5. The third-order valence-electron chi connectivity index (χ3n) is 4.69. The third-order valence-corrected chi connectivity index (χ3v) is 5.40. The number of hydrogen-bond acceptors (Lipinski definition) is 3. The summed E-state index contributed by atoms with van der Waals surface area (Å²) in [6, 6.07) is 5.97. The Hall–Kier alpha value is -0.610. The average Bonchev–Trinajstić information content (AvgIpc) is 3.10. The summed E-state index contributed by atoms with van der Waals surface area (Å²) in [7, 11) is 0. The summed E-state index contributed by atoms with van der Waals surface area (Å²) in [4.78, 5) is 13.8. The molecule has 2 fully saturated rings. The lowest BCUT2D eigenvalue weighted by molar-refractivity contribution is -0.117. The van der Waals surface area contributed by atoms with Gasteiger partial charge in [0.2, 0.25) is 0 Å². The Labute approximate surface area is 141 Å². The van der Waals surface area contributed by atoms with Gasteiger partial charge in [0.05, 0.1) is 19.3 Å². The Morgan fingerprint density at radius 2 is 2.00 bits per heavy atom. The van der Waals surface area contributed by atoms with E-state index in [1.54, 1.807) is 0 Å². The second kappa shape index (κ2) is 7.31. The molecule has 0 N–H and O–H groups in total. The first-order valence-electron chi connectivity index (χ1n) is 7.95. The molecule has 1 heterocycles. The van der Waals surface area contributed by atoms with Crippen LogP contribution in [0.5, 0.6) is 0 Å². The van der Waals surface area contributed by atoms with Crippen LogP contribution < -0.4 is 0 Å². The van der Waals surface area contributed by atoms with Gasteiger partial charge in [-0.3, -0.25) is 9.69 Å². The molecule has 3 nitrogen and oxygen atoms in total. The largest absolute Gasteiger partial charge is 0.376 e. The van der Waals surface area contributed by atoms with Crippen molar-refractivity contribution in [3.63, 3.8) is 0 Å². The highest BCUT2D eigenvalue weighted by Gasteiger charge is 2.36. The molecule has 0 unspecified atom stereocenters. The fourth-order valence-electron chi connectivity index (χ4n) is 3.54. The predicted molar refractivity (Wildman–Crippen MR) is 88.7 cm³/mol. The van der Waals surface area contributed by atoms with E-state index < -0.39 is 0 Å². The minimum Gasteiger partial charge on any atom is -0.376 e. The maximum Gasteiger partial charge on any atom is 0.148 e. The molecule has 1 aliphatic heterocycles. The van der Waals surface area contributed by atoms with E-state index in [9.17, 15) is 4.79 Å². The summed E-state index contributed by atoms with van der Waals surface area (Å²) in [6.45, 7) is 2.10. The van der Waals surface area contributed by atoms with Crippen molar-refractivity contribution in [2.75, 3.05) is 19.7 Å². The zero-order valence-corrected chi connectivity index (χ0v) is 14.1. The highest BCUT2D eigenvalue weighted by molar-refractivity contribution is 6.35. The number of rotatable bonds is 5. The fraction of sp³-hybridized carbons (Fsp3) is 0.588. The van der Waals surface area contributed by atoms with Crippen molar-refractivity contribution in [3.05, 3.63) is 33.8 Å². The van der Waals surface area contributed by atoms with Gasteiger partial charge in [-0.05, 0) is 43.4 Å². The van der Waals surface area contributed by atoms with E-state index in [1.807, 2.05) is 18.2 Å². The van der Waals surface area contributed by atoms with Crippen LogP contribution in [0.4, 0.5) is 0 Å². The summed E-state index contributed by atoms with van der Waals surface area (Å²) in [6.07, 6.45) is 5.02. The van der Waals surface area contributed by atoms with Crippen molar-refractivity contribution in [1.29, 1.82) is 0 Å². The van der Waals surface area contributed by atoms with Gasteiger partial charge in [0.1, 0.15) is 5.78 Å². The number of benzene rings is 1. The van der Waals surface area contributed by atoms with Gasteiger partial charge in [0.15, 0.2) is 0 Å². The molecule has 120 valence electrons. The van der Waals surface area contributed by atoms with Crippen molar-refractivity contribution < 1.29 is 9.53 Å². The maximum atomic E-state index is 11.5. The highest BCUT2D eigenvalue weighted by atomic mass is 35.5. The minimum atomic E-state index is 0.229. The molecule has 5 heteroatoms. The molecule has 0 spiro atoms. The molecule has 0 bridgehead atoms. The second-order valence-corrected chi connectivity index (χ2v) is 6.93. The lowest BCUT2D eigenvalue weighted by Crippen LogP contribution is -2.40. The van der Waals surface area contributed by atoms with Crippen LogP contribution >= 0.6 is 23.2 Å². The Morgan fingerprint density at radius 3 is 2.68 bits per heavy atom. The Morgan fingerprint density at radius 1 is 1.23 bits per heavy atom. The summed E-state index contributed by atoms with van der Waals surface area (Å²) in [5, 5.41) is 1.40. The van der Waals surface area contributed by atoms with E-state index in [2.05, 4.69) is 4.90 Å². The van der Waals surface area contributed by atoms with Crippen molar-refractivity contribution in [1.82, 2.24) is 4.90 Å². The van der Waals surface area contributed by atoms with Gasteiger partial charge in [-0.15, -0.1) is 0 Å². The molecule has 2 atom stereocenters. The number of hydrogen-bond donors (Lipinski definition) is 0. The van der Waals surface area contributed by atoms with E-state index in [4.69, 9.17) is 27.9 Å². The van der Waals surface area contributed by atoms with Gasteiger partial charge in [-0.1, -0.05) is 29.3 Å². The number of nitrogens with zero attached hydrogens (tertiary/aromatic N) is 1. The predicted octanol–water partition coefficient (Wildman–Crippen LogP) is 3.75. The number of carbonyl (C=O) groups is 1. The Bertz CT molecular complexity index is 529. The molecule has 1 aliphatic carbocycles. The van der Waals surface area contributed by atoms with E-state index in [0.717, 1.165) is 31.4 Å². The standard InChI is InChI=1S/C17H21Cl2NO2/c18-14-3-1-4-15(19)13(14)8-10-22-17-6-2-5-16(17)20-9-7-12(21)11-20/h1,3-4,16-17H,2,5-11H2/t16-,17-/m0/s1. The minimum absolute atomic E-state index is 0.229. The van der Waals surface area contributed by atoms with Crippen molar-refractivity contribution >= 4 is 29.0 Å². The molecule has 3 rings (SSSR count). The van der Waals surface area contributed by atoms with E-state index >= 15 is 0 Å². The number of ether oxygens (including phenoxy) is 1. The van der Waals surface area contributed by atoms with Crippen LogP contribution in [0, 0.1) is 0 Å². The summed E-state index contributed by atoms with van der Waals surface area (Å²) >= 11 is 12.4. The summed E-state index contributed by atoms with van der Waals surface area (Å²) in [5.74, 6) is 0.355. The van der Waals surface area contributed by atoms with Crippen LogP contribution in [0.1, 0.15) is 31.2 Å². The summed E-state index contributed by atoms with van der Waals surface area (Å²) in [5.41, 5.74) is 0.955.